The summed E-state index contributed by atoms with van der Waals surface area (Å²) in [6.07, 6.45) is 2.25. The predicted molar refractivity (Wildman–Crippen MR) is 58.7 cm³/mol. The number of benzene rings is 1. The number of fused-ring (bicyclic) bond motifs is 1. The Morgan fingerprint density at radius 2 is 2.29 bits per heavy atom. The summed E-state index contributed by atoms with van der Waals surface area (Å²) >= 11 is 0. The van der Waals surface area contributed by atoms with Crippen LogP contribution < -0.4 is 5.32 Å². The van der Waals surface area contributed by atoms with E-state index in [-0.39, 0.29) is 0 Å². The maximum atomic E-state index is 9.37. The zero-order chi connectivity index (χ0) is 10.1. The molecule has 0 saturated heterocycles. The van der Waals surface area contributed by atoms with E-state index < -0.39 is 0 Å². The van der Waals surface area contributed by atoms with Gasteiger partial charge in [0, 0.05) is 17.8 Å². The summed E-state index contributed by atoms with van der Waals surface area (Å²) in [7, 11) is 0. The van der Waals surface area contributed by atoms with Crippen LogP contribution in [-0.4, -0.2) is 11.1 Å². The Hall–Kier alpha value is -1.18. The lowest BCUT2D eigenvalue weighted by molar-refractivity contribution is 0.449. The highest BCUT2D eigenvalue weighted by Crippen LogP contribution is 2.31. The molecule has 0 amide bonds. The Labute approximate surface area is 85.0 Å². The molecule has 0 aromatic heterocycles. The van der Waals surface area contributed by atoms with Crippen LogP contribution in [0.5, 0.6) is 5.75 Å². The number of aromatic hydroxyl groups is 1. The van der Waals surface area contributed by atoms with Crippen LogP contribution in [0, 0.1) is 5.92 Å². The van der Waals surface area contributed by atoms with Crippen molar-refractivity contribution in [2.75, 3.05) is 5.32 Å². The van der Waals surface area contributed by atoms with Crippen molar-refractivity contribution in [2.45, 2.75) is 32.7 Å². The molecule has 14 heavy (non-hydrogen) atoms. The summed E-state index contributed by atoms with van der Waals surface area (Å²) in [5.74, 6) is 1.03. The van der Waals surface area contributed by atoms with Crippen LogP contribution in [-0.2, 0) is 6.42 Å². The van der Waals surface area contributed by atoms with Crippen molar-refractivity contribution in [3.8, 4) is 5.75 Å². The van der Waals surface area contributed by atoms with Crippen molar-refractivity contribution in [3.05, 3.63) is 23.8 Å². The van der Waals surface area contributed by atoms with Crippen LogP contribution in [0.4, 0.5) is 5.69 Å². The van der Waals surface area contributed by atoms with Crippen LogP contribution >= 0.6 is 0 Å². The first-order valence-corrected chi connectivity index (χ1v) is 5.29. The minimum atomic E-state index is 0.348. The molecule has 2 rings (SSSR count). The van der Waals surface area contributed by atoms with Crippen LogP contribution in [0.3, 0.4) is 0 Å². The van der Waals surface area contributed by atoms with Gasteiger partial charge in [0.25, 0.3) is 0 Å². The first-order valence-electron chi connectivity index (χ1n) is 5.29. The summed E-state index contributed by atoms with van der Waals surface area (Å²) < 4.78 is 0. The summed E-state index contributed by atoms with van der Waals surface area (Å²) in [5, 5.41) is 12.9. The van der Waals surface area contributed by atoms with Gasteiger partial charge < -0.3 is 10.4 Å². The molecule has 2 nitrogen and oxygen atoms in total. The van der Waals surface area contributed by atoms with Crippen LogP contribution in [0.25, 0.3) is 0 Å². The van der Waals surface area contributed by atoms with Crippen molar-refractivity contribution < 1.29 is 5.11 Å². The number of nitrogens with one attached hydrogen (secondary N) is 1. The lowest BCUT2D eigenvalue weighted by atomic mass is 9.87. The second-order valence-electron chi connectivity index (χ2n) is 4.18. The zero-order valence-corrected chi connectivity index (χ0v) is 8.75. The lowest BCUT2D eigenvalue weighted by Gasteiger charge is -2.32. The number of phenols is 1. The molecule has 76 valence electrons. The molecule has 2 N–H and O–H groups in total. The van der Waals surface area contributed by atoms with Crippen LogP contribution in [0.1, 0.15) is 25.8 Å². The number of phenolic OH excluding ortho intramolecular Hbond substituents is 1. The van der Waals surface area contributed by atoms with Crippen molar-refractivity contribution >= 4 is 5.69 Å². The summed E-state index contributed by atoms with van der Waals surface area (Å²) in [6.45, 7) is 4.47. The van der Waals surface area contributed by atoms with E-state index in [4.69, 9.17) is 0 Å². The quantitative estimate of drug-likeness (QED) is 0.715. The number of rotatable bonds is 1. The number of anilines is 1. The summed E-state index contributed by atoms with van der Waals surface area (Å²) in [5.41, 5.74) is 2.43. The first kappa shape index (κ1) is 9.38. The van der Waals surface area contributed by atoms with Gasteiger partial charge in [0.1, 0.15) is 5.75 Å². The van der Waals surface area contributed by atoms with Gasteiger partial charge in [-0.3, -0.25) is 0 Å². The van der Waals surface area contributed by atoms with Gasteiger partial charge in [0.2, 0.25) is 0 Å². The molecule has 1 heterocycles. The van der Waals surface area contributed by atoms with E-state index in [2.05, 4.69) is 19.2 Å². The molecule has 0 radical (unpaired) electrons. The molecular formula is C12H17NO. The van der Waals surface area contributed by atoms with Gasteiger partial charge in [-0.1, -0.05) is 19.9 Å². The first-order chi connectivity index (χ1) is 6.70. The Morgan fingerprint density at radius 1 is 1.50 bits per heavy atom. The van der Waals surface area contributed by atoms with E-state index in [0.29, 0.717) is 17.7 Å². The zero-order valence-electron chi connectivity index (χ0n) is 8.75. The van der Waals surface area contributed by atoms with Gasteiger partial charge in [-0.2, -0.15) is 0 Å². The van der Waals surface area contributed by atoms with E-state index in [9.17, 15) is 5.11 Å². The third-order valence-corrected chi connectivity index (χ3v) is 3.10. The van der Waals surface area contributed by atoms with E-state index in [0.717, 1.165) is 18.5 Å². The molecule has 0 saturated carbocycles. The summed E-state index contributed by atoms with van der Waals surface area (Å²) in [4.78, 5) is 0. The largest absolute Gasteiger partial charge is 0.508 e. The normalized spacial score (nSPS) is 25.3. The molecule has 0 aliphatic carbocycles. The Morgan fingerprint density at radius 3 is 3.00 bits per heavy atom. The molecule has 1 aliphatic rings. The minimum absolute atomic E-state index is 0.348. The average Bonchev–Trinajstić information content (AvgIpc) is 2.17. The summed E-state index contributed by atoms with van der Waals surface area (Å²) in [6, 6.07) is 6.15. The fourth-order valence-electron chi connectivity index (χ4n) is 2.21. The highest BCUT2D eigenvalue weighted by Gasteiger charge is 2.22. The maximum absolute atomic E-state index is 9.37. The van der Waals surface area contributed by atoms with Gasteiger partial charge in [0.05, 0.1) is 0 Å². The fraction of sp³-hybridized carbons (Fsp3) is 0.500. The van der Waals surface area contributed by atoms with Crippen LogP contribution in [0.2, 0.25) is 0 Å². The van der Waals surface area contributed by atoms with Gasteiger partial charge in [0.15, 0.2) is 0 Å². The number of hydrogen-bond donors (Lipinski definition) is 2. The van der Waals surface area contributed by atoms with Crippen LogP contribution in [0.15, 0.2) is 18.2 Å². The van der Waals surface area contributed by atoms with E-state index >= 15 is 0 Å². The second kappa shape index (κ2) is 3.52. The Balaban J connectivity index is 2.31. The molecule has 1 aromatic rings. The third-order valence-electron chi connectivity index (χ3n) is 3.10. The average molecular weight is 191 g/mol. The third kappa shape index (κ3) is 1.57. The Kier molecular flexibility index (Phi) is 2.36. The van der Waals surface area contributed by atoms with Crippen molar-refractivity contribution in [3.63, 3.8) is 0 Å². The van der Waals surface area contributed by atoms with Gasteiger partial charge in [-0.15, -0.1) is 0 Å². The van der Waals surface area contributed by atoms with Gasteiger partial charge in [-0.25, -0.2) is 0 Å². The molecule has 0 spiro atoms. The van der Waals surface area contributed by atoms with Gasteiger partial charge >= 0.3 is 0 Å². The second-order valence-corrected chi connectivity index (χ2v) is 4.18. The van der Waals surface area contributed by atoms with E-state index in [1.807, 2.05) is 12.1 Å². The van der Waals surface area contributed by atoms with E-state index in [1.54, 1.807) is 6.07 Å². The minimum Gasteiger partial charge on any atom is -0.508 e. The molecule has 2 heteroatoms. The molecule has 1 aliphatic heterocycles. The fourth-order valence-corrected chi connectivity index (χ4v) is 2.21. The van der Waals surface area contributed by atoms with Crippen molar-refractivity contribution in [1.82, 2.24) is 0 Å². The maximum Gasteiger partial charge on any atom is 0.117 e. The van der Waals surface area contributed by atoms with Gasteiger partial charge in [-0.05, 0) is 30.4 Å². The highest BCUT2D eigenvalue weighted by molar-refractivity contribution is 5.57. The molecule has 1 aromatic carbocycles. The smallest absolute Gasteiger partial charge is 0.117 e. The van der Waals surface area contributed by atoms with Crippen molar-refractivity contribution in [2.24, 2.45) is 5.92 Å². The SMILES string of the molecule is CC[C@H]1Nc2cc(O)ccc2C[C@@H]1C. The standard InChI is InChI=1S/C12H17NO/c1-3-11-8(2)6-9-4-5-10(14)7-12(9)13-11/h4-5,7-8,11,13-14H,3,6H2,1-2H3/t8-,11+/m0/s1. The van der Waals surface area contributed by atoms with E-state index in [1.165, 1.54) is 5.56 Å². The topological polar surface area (TPSA) is 32.3 Å². The molecule has 0 unspecified atom stereocenters. The Bertz CT molecular complexity index is 335. The monoisotopic (exact) mass is 191 g/mol. The molecule has 2 atom stereocenters. The highest BCUT2D eigenvalue weighted by atomic mass is 16.3. The molecule has 0 fully saturated rings. The number of hydrogen-bond acceptors (Lipinski definition) is 2. The van der Waals surface area contributed by atoms with Crippen molar-refractivity contribution in [1.29, 1.82) is 0 Å². The lowest BCUT2D eigenvalue weighted by Crippen LogP contribution is -2.32. The molecular weight excluding hydrogens is 174 g/mol. The molecule has 0 bridgehead atoms. The predicted octanol–water partition coefficient (Wildman–Crippen LogP) is 2.77.